The molecule has 0 saturated carbocycles. The molecular weight excluding hydrogens is 362 g/mol. The molecule has 3 N–H and O–H groups in total. The fourth-order valence-corrected chi connectivity index (χ4v) is 3.65. The molecule has 0 aliphatic carbocycles. The van der Waals surface area contributed by atoms with Crippen molar-refractivity contribution in [1.29, 1.82) is 0 Å². The number of aliphatic hydroxyl groups excluding tert-OH is 1. The summed E-state index contributed by atoms with van der Waals surface area (Å²) in [5, 5.41) is 18.1. The molecule has 6 atom stereocenters. The molecule has 0 aromatic carbocycles. The first-order valence-corrected chi connectivity index (χ1v) is 9.56. The normalized spacial score (nSPS) is 36.2. The van der Waals surface area contributed by atoms with Crippen molar-refractivity contribution in [3.05, 3.63) is 0 Å². The van der Waals surface area contributed by atoms with Crippen LogP contribution in [0.2, 0.25) is 0 Å². The molecule has 0 aromatic heterocycles. The highest BCUT2D eigenvalue weighted by Gasteiger charge is 2.48. The average Bonchev–Trinajstić information content (AvgIpc) is 2.55. The zero-order valence-electron chi connectivity index (χ0n) is 13.1. The number of rotatable bonds is 6. The van der Waals surface area contributed by atoms with Gasteiger partial charge in [0.2, 0.25) is 0 Å². The van der Waals surface area contributed by atoms with Crippen molar-refractivity contribution >= 4 is 31.4 Å². The Hall–Kier alpha value is 0.575. The highest BCUT2D eigenvalue weighted by atomic mass is 79.9. The number of halogens is 1. The molecule has 0 bridgehead atoms. The summed E-state index contributed by atoms with van der Waals surface area (Å²) in [4.78, 5) is 9.75. The lowest BCUT2D eigenvalue weighted by atomic mass is 9.91. The van der Waals surface area contributed by atoms with Crippen LogP contribution in [0.15, 0.2) is 0 Å². The van der Waals surface area contributed by atoms with Gasteiger partial charge in [0, 0.05) is 12.4 Å². The Bertz CT molecular complexity index is 417. The minimum absolute atomic E-state index is 0.152. The predicted molar refractivity (Wildman–Crippen MR) is 86.4 cm³/mol. The Morgan fingerprint density at radius 2 is 1.95 bits per heavy atom. The summed E-state index contributed by atoms with van der Waals surface area (Å²) in [7, 11) is -2.37. The quantitative estimate of drug-likeness (QED) is 0.357. The standard InChI is InChI=1S/C12H25BBrO6P/c1-5-12(4,20-21(17,18)11(2,3)16)6-7-9(15)8(14)10(13)19-7/h7-10,15-16H,5-6,13H2,1-4H3,(H,17,18)/t7-,8-,9-,10-,12?/m1/s1. The van der Waals surface area contributed by atoms with Crippen molar-refractivity contribution in [1.82, 2.24) is 0 Å². The van der Waals surface area contributed by atoms with Gasteiger partial charge in [-0.2, -0.15) is 0 Å². The average molecular weight is 387 g/mol. The molecule has 0 radical (unpaired) electrons. The molecule has 6 nitrogen and oxygen atoms in total. The van der Waals surface area contributed by atoms with E-state index in [1.165, 1.54) is 13.8 Å². The molecule has 1 rings (SSSR count). The Labute approximate surface area is 135 Å². The zero-order chi connectivity index (χ0) is 16.6. The Morgan fingerprint density at radius 1 is 1.43 bits per heavy atom. The summed E-state index contributed by atoms with van der Waals surface area (Å²) in [6.07, 6.45) is -0.495. The second-order valence-electron chi connectivity index (χ2n) is 6.43. The largest absolute Gasteiger partial charge is 0.389 e. The van der Waals surface area contributed by atoms with Crippen LogP contribution in [0.3, 0.4) is 0 Å². The first kappa shape index (κ1) is 19.6. The maximum absolute atomic E-state index is 12.2. The zero-order valence-corrected chi connectivity index (χ0v) is 15.6. The summed E-state index contributed by atoms with van der Waals surface area (Å²) in [5.74, 6) is 0. The fraction of sp³-hybridized carbons (Fsp3) is 1.00. The van der Waals surface area contributed by atoms with Crippen molar-refractivity contribution in [3.63, 3.8) is 0 Å². The monoisotopic (exact) mass is 386 g/mol. The number of hydrogen-bond donors (Lipinski definition) is 3. The summed E-state index contributed by atoms with van der Waals surface area (Å²) in [5.41, 5.74) is -0.979. The molecule has 2 unspecified atom stereocenters. The van der Waals surface area contributed by atoms with Crippen LogP contribution in [0.5, 0.6) is 0 Å². The van der Waals surface area contributed by atoms with Crippen LogP contribution < -0.4 is 0 Å². The molecule has 1 fully saturated rings. The molecular formula is C12H25BBrO6P. The molecule has 1 saturated heterocycles. The molecule has 0 aromatic rings. The molecule has 21 heavy (non-hydrogen) atoms. The van der Waals surface area contributed by atoms with E-state index in [1.54, 1.807) is 6.92 Å². The lowest BCUT2D eigenvalue weighted by Gasteiger charge is -2.36. The van der Waals surface area contributed by atoms with Crippen LogP contribution in [0.4, 0.5) is 0 Å². The van der Waals surface area contributed by atoms with E-state index in [-0.39, 0.29) is 17.3 Å². The third kappa shape index (κ3) is 4.53. The van der Waals surface area contributed by atoms with E-state index < -0.39 is 30.7 Å². The molecule has 1 heterocycles. The fourth-order valence-electron chi connectivity index (χ4n) is 2.17. The topological polar surface area (TPSA) is 96.2 Å². The summed E-state index contributed by atoms with van der Waals surface area (Å²) in [6.45, 7) is 5.98. The third-order valence-corrected chi connectivity index (χ3v) is 7.32. The van der Waals surface area contributed by atoms with Crippen LogP contribution >= 0.6 is 23.5 Å². The van der Waals surface area contributed by atoms with Crippen molar-refractivity contribution in [2.45, 2.75) is 74.5 Å². The first-order valence-electron chi connectivity index (χ1n) is 7.06. The maximum atomic E-state index is 12.2. The van der Waals surface area contributed by atoms with Crippen LogP contribution in [-0.2, 0) is 13.8 Å². The molecule has 0 spiro atoms. The predicted octanol–water partition coefficient (Wildman–Crippen LogP) is 0.958. The van der Waals surface area contributed by atoms with E-state index in [4.69, 9.17) is 9.26 Å². The van der Waals surface area contributed by atoms with Crippen LogP contribution in [-0.4, -0.2) is 56.9 Å². The van der Waals surface area contributed by atoms with Gasteiger partial charge in [-0.05, 0) is 27.2 Å². The highest BCUT2D eigenvalue weighted by molar-refractivity contribution is 9.09. The molecule has 1 aliphatic rings. The van der Waals surface area contributed by atoms with E-state index in [2.05, 4.69) is 15.9 Å². The summed E-state index contributed by atoms with van der Waals surface area (Å²) in [6, 6.07) is -0.152. The Morgan fingerprint density at radius 3 is 2.29 bits per heavy atom. The lowest BCUT2D eigenvalue weighted by Crippen LogP contribution is -2.39. The first-order chi connectivity index (χ1) is 9.33. The minimum Gasteiger partial charge on any atom is -0.389 e. The van der Waals surface area contributed by atoms with E-state index in [9.17, 15) is 19.7 Å². The number of aliphatic hydroxyl groups is 2. The Balaban J connectivity index is 2.85. The van der Waals surface area contributed by atoms with Crippen molar-refractivity contribution in [3.8, 4) is 0 Å². The molecule has 9 heteroatoms. The van der Waals surface area contributed by atoms with E-state index in [0.29, 0.717) is 6.42 Å². The van der Waals surface area contributed by atoms with Gasteiger partial charge in [-0.1, -0.05) is 22.9 Å². The van der Waals surface area contributed by atoms with Crippen molar-refractivity contribution in [2.75, 3.05) is 0 Å². The SMILES string of the molecule is B[C@@H]1O[C@H](CC(C)(CC)OP(=O)(O)C(C)(C)O)[C@@H](O)[C@H]1Br. The molecule has 0 amide bonds. The van der Waals surface area contributed by atoms with Crippen LogP contribution in [0, 0.1) is 0 Å². The number of hydrogen-bond acceptors (Lipinski definition) is 5. The van der Waals surface area contributed by atoms with Crippen LogP contribution in [0.25, 0.3) is 0 Å². The van der Waals surface area contributed by atoms with Crippen LogP contribution in [0.1, 0.15) is 40.5 Å². The van der Waals surface area contributed by atoms with E-state index >= 15 is 0 Å². The minimum atomic E-state index is -4.21. The lowest BCUT2D eigenvalue weighted by molar-refractivity contribution is -0.0412. The van der Waals surface area contributed by atoms with E-state index in [1.807, 2.05) is 14.8 Å². The van der Waals surface area contributed by atoms with Gasteiger partial charge in [-0.25, -0.2) is 0 Å². The second kappa shape index (κ2) is 6.60. The van der Waals surface area contributed by atoms with Gasteiger partial charge in [-0.3, -0.25) is 4.57 Å². The van der Waals surface area contributed by atoms with Gasteiger partial charge in [0.05, 0.1) is 22.6 Å². The van der Waals surface area contributed by atoms with Gasteiger partial charge in [0.25, 0.3) is 0 Å². The molecule has 1 aliphatic heterocycles. The smallest absolute Gasteiger partial charge is 0.359 e. The van der Waals surface area contributed by atoms with Crippen molar-refractivity contribution < 1.29 is 28.9 Å². The van der Waals surface area contributed by atoms with Gasteiger partial charge < -0.3 is 24.4 Å². The second-order valence-corrected chi connectivity index (χ2v) is 9.80. The third-order valence-electron chi connectivity index (χ3n) is 3.96. The van der Waals surface area contributed by atoms with Gasteiger partial charge in [-0.15, -0.1) is 0 Å². The Kier molecular flexibility index (Phi) is 6.16. The van der Waals surface area contributed by atoms with Gasteiger partial charge >= 0.3 is 7.60 Å². The summed E-state index contributed by atoms with van der Waals surface area (Å²) < 4.78 is 23.2. The van der Waals surface area contributed by atoms with Crippen molar-refractivity contribution in [2.24, 2.45) is 0 Å². The molecule has 124 valence electrons. The van der Waals surface area contributed by atoms with Gasteiger partial charge in [0.15, 0.2) is 5.34 Å². The van der Waals surface area contributed by atoms with E-state index in [0.717, 1.165) is 0 Å². The number of ether oxygens (including phenoxy) is 1. The highest BCUT2D eigenvalue weighted by Crippen LogP contribution is 2.57. The number of alkyl halides is 1. The summed E-state index contributed by atoms with van der Waals surface area (Å²) >= 11 is 3.37. The van der Waals surface area contributed by atoms with Gasteiger partial charge in [0.1, 0.15) is 7.85 Å². The maximum Gasteiger partial charge on any atom is 0.359 e.